The molecule has 1 aromatic heterocycles. The summed E-state index contributed by atoms with van der Waals surface area (Å²) < 4.78 is 1.86. The van der Waals surface area contributed by atoms with Crippen molar-refractivity contribution >= 4 is 5.82 Å². The minimum atomic E-state index is 0.260. The van der Waals surface area contributed by atoms with Gasteiger partial charge in [-0.2, -0.15) is 10.4 Å². The monoisotopic (exact) mass is 296 g/mol. The number of nitrogens with zero attached hydrogens (tertiary/aromatic N) is 3. The van der Waals surface area contributed by atoms with E-state index in [1.807, 2.05) is 35.0 Å². The molecule has 22 heavy (non-hydrogen) atoms. The van der Waals surface area contributed by atoms with Gasteiger partial charge >= 0.3 is 0 Å². The van der Waals surface area contributed by atoms with E-state index in [0.717, 1.165) is 24.8 Å². The fourth-order valence-electron chi connectivity index (χ4n) is 2.76. The van der Waals surface area contributed by atoms with Gasteiger partial charge < -0.3 is 5.73 Å². The summed E-state index contributed by atoms with van der Waals surface area (Å²) >= 11 is 0. The number of anilines is 1. The molecule has 1 heterocycles. The number of nitrogen functional groups attached to an aromatic ring is 1. The summed E-state index contributed by atoms with van der Waals surface area (Å²) in [5, 5.41) is 14.1. The second-order valence-electron chi connectivity index (χ2n) is 5.59. The van der Waals surface area contributed by atoms with Crippen LogP contribution in [-0.2, 0) is 0 Å². The molecule has 1 aromatic carbocycles. The van der Waals surface area contributed by atoms with Gasteiger partial charge in [0.05, 0.1) is 6.04 Å². The Labute approximate surface area is 132 Å². The standard InChI is InChI=1S/C18H24N4/c1-3-5-7-12-15(4-2)22-18(20)16(13-19)17(21-22)14-10-8-6-9-11-14/h6,8-11,15H,3-5,7,12,20H2,1-2H3. The molecule has 0 aliphatic heterocycles. The lowest BCUT2D eigenvalue weighted by Gasteiger charge is -2.16. The fraction of sp³-hybridized carbons (Fsp3) is 0.444. The molecule has 0 spiro atoms. The summed E-state index contributed by atoms with van der Waals surface area (Å²) in [6, 6.07) is 12.3. The predicted octanol–water partition coefficient (Wildman–Crippen LogP) is 4.54. The van der Waals surface area contributed by atoms with Gasteiger partial charge in [0.2, 0.25) is 0 Å². The maximum absolute atomic E-state index is 9.46. The van der Waals surface area contributed by atoms with Crippen LogP contribution in [0.25, 0.3) is 11.3 Å². The molecule has 0 amide bonds. The Morgan fingerprint density at radius 2 is 1.95 bits per heavy atom. The summed E-state index contributed by atoms with van der Waals surface area (Å²) in [5.41, 5.74) is 8.32. The van der Waals surface area contributed by atoms with Gasteiger partial charge in [0.1, 0.15) is 23.1 Å². The third-order valence-electron chi connectivity index (χ3n) is 4.06. The van der Waals surface area contributed by atoms with Crippen molar-refractivity contribution in [2.75, 3.05) is 5.73 Å². The first-order chi connectivity index (χ1) is 10.7. The molecule has 2 aromatic rings. The van der Waals surface area contributed by atoms with Crippen molar-refractivity contribution in [3.63, 3.8) is 0 Å². The second-order valence-corrected chi connectivity index (χ2v) is 5.59. The van der Waals surface area contributed by atoms with E-state index in [9.17, 15) is 5.26 Å². The Bertz CT molecular complexity index is 637. The first-order valence-electron chi connectivity index (χ1n) is 8.06. The van der Waals surface area contributed by atoms with Crippen LogP contribution in [0.15, 0.2) is 30.3 Å². The van der Waals surface area contributed by atoms with E-state index in [4.69, 9.17) is 5.73 Å². The zero-order valence-corrected chi connectivity index (χ0v) is 13.4. The van der Waals surface area contributed by atoms with Gasteiger partial charge in [-0.15, -0.1) is 0 Å². The molecule has 0 aliphatic rings. The molecule has 1 atom stereocenters. The van der Waals surface area contributed by atoms with Gasteiger partial charge in [-0.3, -0.25) is 0 Å². The zero-order chi connectivity index (χ0) is 15.9. The largest absolute Gasteiger partial charge is 0.383 e. The maximum atomic E-state index is 9.46. The molecule has 2 N–H and O–H groups in total. The quantitative estimate of drug-likeness (QED) is 0.763. The van der Waals surface area contributed by atoms with Crippen LogP contribution in [0.3, 0.4) is 0 Å². The van der Waals surface area contributed by atoms with Gasteiger partial charge in [0.25, 0.3) is 0 Å². The van der Waals surface area contributed by atoms with Gasteiger partial charge in [-0.1, -0.05) is 63.4 Å². The van der Waals surface area contributed by atoms with Crippen LogP contribution in [0, 0.1) is 11.3 Å². The fourth-order valence-corrected chi connectivity index (χ4v) is 2.76. The van der Waals surface area contributed by atoms with Crippen LogP contribution in [0.1, 0.15) is 57.6 Å². The Morgan fingerprint density at radius 3 is 2.55 bits per heavy atom. The summed E-state index contributed by atoms with van der Waals surface area (Å²) in [5.74, 6) is 0.490. The van der Waals surface area contributed by atoms with Crippen LogP contribution in [0.5, 0.6) is 0 Å². The third kappa shape index (κ3) is 3.30. The predicted molar refractivity (Wildman–Crippen MR) is 90.3 cm³/mol. The third-order valence-corrected chi connectivity index (χ3v) is 4.06. The molecule has 0 saturated heterocycles. The van der Waals surface area contributed by atoms with Gasteiger partial charge in [0.15, 0.2) is 0 Å². The number of hydrogen-bond acceptors (Lipinski definition) is 3. The number of hydrogen-bond donors (Lipinski definition) is 1. The molecular weight excluding hydrogens is 272 g/mol. The summed E-state index contributed by atoms with van der Waals surface area (Å²) in [4.78, 5) is 0. The van der Waals surface area contributed by atoms with Crippen molar-refractivity contribution in [1.29, 1.82) is 5.26 Å². The highest BCUT2D eigenvalue weighted by Crippen LogP contribution is 2.31. The normalized spacial score (nSPS) is 12.0. The van der Waals surface area contributed by atoms with E-state index in [1.165, 1.54) is 12.8 Å². The van der Waals surface area contributed by atoms with Gasteiger partial charge in [0, 0.05) is 5.56 Å². The molecule has 4 heteroatoms. The SMILES string of the molecule is CCCCCC(CC)n1nc(-c2ccccc2)c(C#N)c1N. The summed E-state index contributed by atoms with van der Waals surface area (Å²) in [6.45, 7) is 4.34. The Hall–Kier alpha value is -2.28. The first kappa shape index (κ1) is 16.1. The lowest BCUT2D eigenvalue weighted by atomic mass is 10.1. The molecule has 0 radical (unpaired) electrons. The minimum absolute atomic E-state index is 0.260. The average Bonchev–Trinajstić information content (AvgIpc) is 2.89. The summed E-state index contributed by atoms with van der Waals surface area (Å²) in [6.07, 6.45) is 5.60. The van der Waals surface area contributed by atoms with Crippen LogP contribution < -0.4 is 5.73 Å². The van der Waals surface area contributed by atoms with Gasteiger partial charge in [-0.05, 0) is 12.8 Å². The topological polar surface area (TPSA) is 67.6 Å². The smallest absolute Gasteiger partial charge is 0.140 e. The first-order valence-corrected chi connectivity index (χ1v) is 8.06. The number of nitriles is 1. The number of unbranched alkanes of at least 4 members (excludes halogenated alkanes) is 2. The highest BCUT2D eigenvalue weighted by molar-refractivity contribution is 5.72. The van der Waals surface area contributed by atoms with Crippen molar-refractivity contribution in [3.05, 3.63) is 35.9 Å². The molecule has 0 aliphatic carbocycles. The van der Waals surface area contributed by atoms with E-state index in [0.29, 0.717) is 17.1 Å². The highest BCUT2D eigenvalue weighted by atomic mass is 15.3. The molecule has 1 unspecified atom stereocenters. The van der Waals surface area contributed by atoms with Crippen LogP contribution in [0.4, 0.5) is 5.82 Å². The van der Waals surface area contributed by atoms with E-state index in [2.05, 4.69) is 25.0 Å². The minimum Gasteiger partial charge on any atom is -0.383 e. The molecule has 4 nitrogen and oxygen atoms in total. The maximum Gasteiger partial charge on any atom is 0.140 e. The number of rotatable bonds is 7. The molecular formula is C18H24N4. The van der Waals surface area contributed by atoms with Gasteiger partial charge in [-0.25, -0.2) is 4.68 Å². The van der Waals surface area contributed by atoms with Crippen molar-refractivity contribution in [2.24, 2.45) is 0 Å². The van der Waals surface area contributed by atoms with E-state index < -0.39 is 0 Å². The Morgan fingerprint density at radius 1 is 1.23 bits per heavy atom. The second kappa shape index (κ2) is 7.65. The number of benzene rings is 1. The highest BCUT2D eigenvalue weighted by Gasteiger charge is 2.21. The van der Waals surface area contributed by atoms with Crippen LogP contribution in [-0.4, -0.2) is 9.78 Å². The Balaban J connectivity index is 2.37. The van der Waals surface area contributed by atoms with E-state index in [1.54, 1.807) is 0 Å². The van der Waals surface area contributed by atoms with Crippen molar-refractivity contribution in [3.8, 4) is 17.3 Å². The lowest BCUT2D eigenvalue weighted by Crippen LogP contribution is -2.13. The van der Waals surface area contributed by atoms with Crippen molar-refractivity contribution in [2.45, 2.75) is 52.0 Å². The molecule has 0 bridgehead atoms. The van der Waals surface area contributed by atoms with Crippen LogP contribution >= 0.6 is 0 Å². The molecule has 116 valence electrons. The summed E-state index contributed by atoms with van der Waals surface area (Å²) in [7, 11) is 0. The van der Waals surface area contributed by atoms with Crippen molar-refractivity contribution < 1.29 is 0 Å². The zero-order valence-electron chi connectivity index (χ0n) is 13.4. The number of nitrogens with two attached hydrogens (primary N) is 1. The molecule has 0 saturated carbocycles. The average molecular weight is 296 g/mol. The van der Waals surface area contributed by atoms with Crippen LogP contribution in [0.2, 0.25) is 0 Å². The number of aromatic nitrogens is 2. The Kier molecular flexibility index (Phi) is 5.60. The lowest BCUT2D eigenvalue weighted by molar-refractivity contribution is 0.402. The van der Waals surface area contributed by atoms with Crippen molar-refractivity contribution in [1.82, 2.24) is 9.78 Å². The van der Waals surface area contributed by atoms with E-state index in [-0.39, 0.29) is 6.04 Å². The molecule has 0 fully saturated rings. The van der Waals surface area contributed by atoms with E-state index >= 15 is 0 Å². The molecule has 2 rings (SSSR count).